The van der Waals surface area contributed by atoms with E-state index >= 15 is 0 Å². The fourth-order valence-electron chi connectivity index (χ4n) is 3.38. The van der Waals surface area contributed by atoms with E-state index in [1.165, 1.54) is 18.4 Å². The Bertz CT molecular complexity index is 844. The van der Waals surface area contributed by atoms with E-state index < -0.39 is 0 Å². The van der Waals surface area contributed by atoms with E-state index in [2.05, 4.69) is 29.8 Å². The van der Waals surface area contributed by atoms with Gasteiger partial charge in [0, 0.05) is 40.7 Å². The van der Waals surface area contributed by atoms with Gasteiger partial charge in [-0.2, -0.15) is 0 Å². The molecule has 3 nitrogen and oxygen atoms in total. The van der Waals surface area contributed by atoms with E-state index in [0.29, 0.717) is 6.04 Å². The number of aromatic nitrogens is 1. The van der Waals surface area contributed by atoms with Gasteiger partial charge < -0.3 is 10.3 Å². The van der Waals surface area contributed by atoms with Crippen LogP contribution < -0.4 is 16.4 Å². The highest BCUT2D eigenvalue weighted by Gasteiger charge is 2.24. The van der Waals surface area contributed by atoms with Crippen LogP contribution in [0.5, 0.6) is 0 Å². The molecule has 23 heavy (non-hydrogen) atoms. The predicted octanol–water partition coefficient (Wildman–Crippen LogP) is 3.09. The molecule has 0 radical (unpaired) electrons. The number of nitrogens with zero attached hydrogens (tertiary/aromatic N) is 2. The lowest BCUT2D eigenvalue weighted by molar-refractivity contribution is 0.566. The summed E-state index contributed by atoms with van der Waals surface area (Å²) in [6.45, 7) is 3.24. The van der Waals surface area contributed by atoms with Gasteiger partial charge in [-0.05, 0) is 42.9 Å². The van der Waals surface area contributed by atoms with Crippen LogP contribution in [0.3, 0.4) is 0 Å². The third kappa shape index (κ3) is 2.78. The van der Waals surface area contributed by atoms with Crippen molar-refractivity contribution in [2.24, 2.45) is 16.6 Å². The second-order valence-electron chi connectivity index (χ2n) is 6.76. The molecule has 0 spiro atoms. The van der Waals surface area contributed by atoms with Crippen molar-refractivity contribution in [1.29, 1.82) is 0 Å². The van der Waals surface area contributed by atoms with Crippen LogP contribution in [0.15, 0.2) is 35.5 Å². The Hall–Kier alpha value is -1.74. The molecule has 2 aliphatic rings. The summed E-state index contributed by atoms with van der Waals surface area (Å²) in [6, 6.07) is 8.32. The molecular weight excluding hydrogens is 306 g/mol. The van der Waals surface area contributed by atoms with Gasteiger partial charge in [0.2, 0.25) is 0 Å². The molecule has 1 aromatic heterocycles. The lowest BCUT2D eigenvalue weighted by Crippen LogP contribution is -2.39. The molecule has 0 bridgehead atoms. The van der Waals surface area contributed by atoms with Crippen molar-refractivity contribution in [3.05, 3.63) is 46.2 Å². The van der Waals surface area contributed by atoms with E-state index in [-0.39, 0.29) is 0 Å². The zero-order valence-corrected chi connectivity index (χ0v) is 14.2. The first kappa shape index (κ1) is 14.8. The van der Waals surface area contributed by atoms with Crippen LogP contribution in [0.25, 0.3) is 16.8 Å². The summed E-state index contributed by atoms with van der Waals surface area (Å²) >= 11 is 6.04. The monoisotopic (exact) mass is 327 g/mol. The maximum atomic E-state index is 6.46. The Morgan fingerprint density at radius 2 is 2.00 bits per heavy atom. The molecule has 1 saturated carbocycles. The van der Waals surface area contributed by atoms with E-state index in [4.69, 9.17) is 22.3 Å². The summed E-state index contributed by atoms with van der Waals surface area (Å²) in [5.74, 6) is 0.808. The second kappa shape index (κ2) is 5.72. The van der Waals surface area contributed by atoms with Crippen LogP contribution in [-0.4, -0.2) is 10.6 Å². The largest absolute Gasteiger partial charge is 0.401 e. The highest BCUT2D eigenvalue weighted by molar-refractivity contribution is 6.30. The molecule has 2 heterocycles. The summed E-state index contributed by atoms with van der Waals surface area (Å²) in [7, 11) is 0. The molecule has 1 atom stereocenters. The van der Waals surface area contributed by atoms with Gasteiger partial charge in [0.15, 0.2) is 0 Å². The number of rotatable bonds is 4. The maximum Gasteiger partial charge on any atom is 0.137 e. The van der Waals surface area contributed by atoms with Gasteiger partial charge >= 0.3 is 0 Å². The fourth-order valence-corrected chi connectivity index (χ4v) is 3.50. The Labute approximate surface area is 141 Å². The van der Waals surface area contributed by atoms with Crippen molar-refractivity contribution >= 4 is 17.3 Å². The average Bonchev–Trinajstić information content (AvgIpc) is 3.29. The molecule has 4 heteroatoms. The Morgan fingerprint density at radius 1 is 1.26 bits per heavy atom. The number of benzene rings is 1. The topological polar surface area (TPSA) is 43.3 Å². The van der Waals surface area contributed by atoms with Gasteiger partial charge in [-0.25, -0.2) is 0 Å². The zero-order valence-electron chi connectivity index (χ0n) is 13.4. The third-order valence-corrected chi connectivity index (χ3v) is 5.16. The highest BCUT2D eigenvalue weighted by Crippen LogP contribution is 2.30. The number of hydrogen-bond donors (Lipinski definition) is 1. The molecule has 1 aliphatic carbocycles. The molecule has 2 aromatic rings. The average molecular weight is 328 g/mol. The maximum absolute atomic E-state index is 6.46. The summed E-state index contributed by atoms with van der Waals surface area (Å²) in [6.07, 6.45) is 6.79. The Kier molecular flexibility index (Phi) is 3.68. The molecule has 4 rings (SSSR count). The quantitative estimate of drug-likeness (QED) is 0.921. The first-order chi connectivity index (χ1) is 11.2. The van der Waals surface area contributed by atoms with Crippen molar-refractivity contribution in [2.75, 3.05) is 0 Å². The van der Waals surface area contributed by atoms with Gasteiger partial charge in [-0.1, -0.05) is 30.7 Å². The van der Waals surface area contributed by atoms with Crippen molar-refractivity contribution in [3.63, 3.8) is 0 Å². The van der Waals surface area contributed by atoms with Gasteiger partial charge in [0.1, 0.15) is 5.49 Å². The second-order valence-corrected chi connectivity index (χ2v) is 7.20. The third-order valence-electron chi connectivity index (χ3n) is 4.91. The predicted molar refractivity (Wildman–Crippen MR) is 94.7 cm³/mol. The summed E-state index contributed by atoms with van der Waals surface area (Å²) in [4.78, 5) is 4.99. The van der Waals surface area contributed by atoms with Crippen molar-refractivity contribution in [3.8, 4) is 11.1 Å². The van der Waals surface area contributed by atoms with E-state index in [1.54, 1.807) is 0 Å². The molecule has 120 valence electrons. The Balaban J connectivity index is 1.92. The van der Waals surface area contributed by atoms with E-state index in [1.807, 2.05) is 12.1 Å². The smallest absolute Gasteiger partial charge is 0.137 e. The number of nitrogens with two attached hydrogens (primary N) is 1. The molecule has 1 fully saturated rings. The van der Waals surface area contributed by atoms with Gasteiger partial charge in [0.25, 0.3) is 0 Å². The molecule has 1 aliphatic heterocycles. The minimum Gasteiger partial charge on any atom is -0.401 e. The Morgan fingerprint density at radius 3 is 2.65 bits per heavy atom. The standard InChI is InChI=1S/C19H22ClN3/c1-2-15-9-17(21)18-16(13-5-7-14(20)8-6-13)11-23(19(18)22-15)10-12-3-4-12/h5-8,11-12,15H,2-4,9-10,21H2,1H3. The summed E-state index contributed by atoms with van der Waals surface area (Å²) in [5, 5.41) is 1.89. The summed E-state index contributed by atoms with van der Waals surface area (Å²) in [5.41, 5.74) is 10.9. The van der Waals surface area contributed by atoms with Crippen LogP contribution in [0, 0.1) is 5.92 Å². The molecular formula is C19H22ClN3. The fraction of sp³-hybridized carbons (Fsp3) is 0.421. The van der Waals surface area contributed by atoms with Crippen LogP contribution in [0.1, 0.15) is 32.6 Å². The van der Waals surface area contributed by atoms with Crippen molar-refractivity contribution < 1.29 is 0 Å². The zero-order chi connectivity index (χ0) is 16.0. The van der Waals surface area contributed by atoms with Gasteiger partial charge in [0.05, 0.1) is 6.04 Å². The van der Waals surface area contributed by atoms with Gasteiger partial charge in [-0.3, -0.25) is 4.99 Å². The van der Waals surface area contributed by atoms with Crippen LogP contribution in [0.4, 0.5) is 0 Å². The SMILES string of the molecule is CCC1CC(N)=c2c(-c3ccc(Cl)cc3)cn(CC3CC3)c2=N1. The lowest BCUT2D eigenvalue weighted by atomic mass is 10.0. The first-order valence-corrected chi connectivity index (χ1v) is 8.85. The normalized spacial score (nSPS) is 20.3. The minimum absolute atomic E-state index is 0.313. The van der Waals surface area contributed by atoms with E-state index in [9.17, 15) is 0 Å². The number of halogens is 1. The van der Waals surface area contributed by atoms with Gasteiger partial charge in [-0.15, -0.1) is 0 Å². The van der Waals surface area contributed by atoms with Crippen LogP contribution in [-0.2, 0) is 6.54 Å². The molecule has 0 saturated heterocycles. The van der Waals surface area contributed by atoms with Crippen LogP contribution in [0.2, 0.25) is 5.02 Å². The number of fused-ring (bicyclic) bond motifs is 1. The first-order valence-electron chi connectivity index (χ1n) is 8.47. The molecule has 0 amide bonds. The minimum atomic E-state index is 0.313. The molecule has 1 aromatic carbocycles. The summed E-state index contributed by atoms with van der Waals surface area (Å²) < 4.78 is 2.33. The lowest BCUT2D eigenvalue weighted by Gasteiger charge is -2.15. The van der Waals surface area contributed by atoms with Crippen LogP contribution >= 0.6 is 11.6 Å². The molecule has 1 unspecified atom stereocenters. The molecule has 2 N–H and O–H groups in total. The number of hydrogen-bond acceptors (Lipinski definition) is 2. The van der Waals surface area contributed by atoms with Crippen molar-refractivity contribution in [1.82, 2.24) is 4.57 Å². The van der Waals surface area contributed by atoms with Crippen molar-refractivity contribution in [2.45, 2.75) is 45.2 Å². The highest BCUT2D eigenvalue weighted by atomic mass is 35.5. The van der Waals surface area contributed by atoms with E-state index in [0.717, 1.165) is 52.3 Å².